The zero-order valence-electron chi connectivity index (χ0n) is 6.91. The number of aromatic amines is 1. The van der Waals surface area contributed by atoms with Gasteiger partial charge in [-0.3, -0.25) is 9.78 Å². The van der Waals surface area contributed by atoms with Gasteiger partial charge in [0, 0.05) is 5.56 Å². The number of aryl methyl sites for hydroxylation is 1. The van der Waals surface area contributed by atoms with E-state index in [0.717, 1.165) is 0 Å². The molecule has 1 rings (SSSR count). The van der Waals surface area contributed by atoms with Crippen molar-refractivity contribution in [1.82, 2.24) is 4.98 Å². The van der Waals surface area contributed by atoms with E-state index in [1.165, 1.54) is 13.0 Å². The lowest BCUT2D eigenvalue weighted by Crippen LogP contribution is -2.21. The molecule has 1 aromatic rings. The summed E-state index contributed by atoms with van der Waals surface area (Å²) in [5.41, 5.74) is -0.373. The second-order valence-electron chi connectivity index (χ2n) is 2.51. The smallest absolute Gasteiger partial charge is 0.390 e. The number of halogens is 4. The molecule has 0 atom stereocenters. The van der Waals surface area contributed by atoms with E-state index in [0.29, 0.717) is 3.57 Å². The van der Waals surface area contributed by atoms with Crippen molar-refractivity contribution in [2.45, 2.75) is 13.3 Å². The summed E-state index contributed by atoms with van der Waals surface area (Å²) < 4.78 is 39.3. The van der Waals surface area contributed by atoms with Gasteiger partial charge in [-0.2, -0.15) is 0 Å². The van der Waals surface area contributed by atoms with Gasteiger partial charge in [-0.1, -0.05) is 0 Å². The van der Waals surface area contributed by atoms with Crippen LogP contribution in [0, 0.1) is 10.5 Å². The normalized spacial score (nSPS) is 11.5. The van der Waals surface area contributed by atoms with Crippen molar-refractivity contribution < 1.29 is 17.9 Å². The first-order valence-electron chi connectivity index (χ1n) is 3.45. The fourth-order valence-electron chi connectivity index (χ4n) is 0.804. The third kappa shape index (κ3) is 2.89. The number of nitrogens with one attached hydrogen (secondary N) is 1. The van der Waals surface area contributed by atoms with Crippen LogP contribution < -0.4 is 10.3 Å². The van der Waals surface area contributed by atoms with E-state index in [2.05, 4.69) is 4.74 Å². The molecule has 7 heteroatoms. The third-order valence-corrected chi connectivity index (χ3v) is 2.16. The van der Waals surface area contributed by atoms with E-state index in [1.807, 2.05) is 4.98 Å². The highest BCUT2D eigenvalue weighted by atomic mass is 127. The first-order chi connectivity index (χ1) is 6.29. The molecule has 0 saturated heterocycles. The fourth-order valence-corrected chi connectivity index (χ4v) is 1.41. The number of hydrogen-bond acceptors (Lipinski definition) is 2. The first-order valence-corrected chi connectivity index (χ1v) is 4.52. The molecule has 3 nitrogen and oxygen atoms in total. The molecule has 0 bridgehead atoms. The van der Waals surface area contributed by atoms with E-state index in [4.69, 9.17) is 0 Å². The number of H-pyrrole nitrogens is 1. The molecule has 78 valence electrons. The van der Waals surface area contributed by atoms with Gasteiger partial charge in [0.2, 0.25) is 5.88 Å². The monoisotopic (exact) mass is 319 g/mol. The van der Waals surface area contributed by atoms with Crippen molar-refractivity contribution >= 4 is 22.6 Å². The predicted octanol–water partition coefficient (Wildman–Crippen LogP) is 2.19. The van der Waals surface area contributed by atoms with Gasteiger partial charge in [0.25, 0.3) is 5.56 Å². The molecule has 0 amide bonds. The largest absolute Gasteiger partial charge is 0.574 e. The van der Waals surface area contributed by atoms with Gasteiger partial charge in [-0.15, -0.1) is 13.2 Å². The minimum absolute atomic E-state index is 0.228. The summed E-state index contributed by atoms with van der Waals surface area (Å²) in [6.07, 6.45) is -4.79. The van der Waals surface area contributed by atoms with Crippen molar-refractivity contribution in [3.63, 3.8) is 0 Å². The Hall–Kier alpha value is -0.730. The molecule has 0 radical (unpaired) electrons. The van der Waals surface area contributed by atoms with Crippen LogP contribution in [0.1, 0.15) is 5.56 Å². The molecule has 0 unspecified atom stereocenters. The minimum atomic E-state index is -4.79. The van der Waals surface area contributed by atoms with Crippen LogP contribution in [0.2, 0.25) is 0 Å². The Morgan fingerprint density at radius 2 is 2.07 bits per heavy atom. The van der Waals surface area contributed by atoms with Gasteiger partial charge >= 0.3 is 6.36 Å². The van der Waals surface area contributed by atoms with Crippen LogP contribution >= 0.6 is 22.6 Å². The van der Waals surface area contributed by atoms with E-state index in [9.17, 15) is 18.0 Å². The van der Waals surface area contributed by atoms with E-state index in [1.54, 1.807) is 22.6 Å². The lowest BCUT2D eigenvalue weighted by Gasteiger charge is -2.10. The molecule has 0 saturated carbocycles. The number of ether oxygens (including phenoxy) is 1. The van der Waals surface area contributed by atoms with Crippen molar-refractivity contribution in [3.8, 4) is 5.88 Å². The summed E-state index contributed by atoms with van der Waals surface area (Å²) in [4.78, 5) is 13.0. The number of aromatic nitrogens is 1. The van der Waals surface area contributed by atoms with Crippen LogP contribution in [0.25, 0.3) is 0 Å². The second-order valence-corrected chi connectivity index (χ2v) is 3.67. The zero-order valence-corrected chi connectivity index (χ0v) is 9.06. The summed E-state index contributed by atoms with van der Waals surface area (Å²) in [5.74, 6) is -0.567. The Kier molecular flexibility index (Phi) is 3.07. The molecule has 0 spiro atoms. The lowest BCUT2D eigenvalue weighted by molar-refractivity contribution is -0.276. The fraction of sp³-hybridized carbons (Fsp3) is 0.286. The van der Waals surface area contributed by atoms with Gasteiger partial charge in [0.1, 0.15) is 0 Å². The summed E-state index contributed by atoms with van der Waals surface area (Å²) in [6, 6.07) is 1.32. The maximum absolute atomic E-state index is 11.8. The molecule has 14 heavy (non-hydrogen) atoms. The average molecular weight is 319 g/mol. The Bertz CT molecular complexity index is 399. The number of pyridine rings is 1. The molecule has 0 aliphatic rings. The second kappa shape index (κ2) is 3.79. The standard InChI is InChI=1S/C7H5F3INO2/c1-3-2-4(11)5(13)12-6(3)14-7(8,9)10/h2H,1H3,(H,12,13). The van der Waals surface area contributed by atoms with E-state index in [-0.39, 0.29) is 5.56 Å². The number of alkyl halides is 3. The summed E-state index contributed by atoms with van der Waals surface area (Å²) in [5, 5.41) is 0. The topological polar surface area (TPSA) is 42.1 Å². The predicted molar refractivity (Wildman–Crippen MR) is 51.2 cm³/mol. The molecular formula is C7H5F3INO2. The highest BCUT2D eigenvalue weighted by molar-refractivity contribution is 14.1. The molecule has 0 aliphatic carbocycles. The highest BCUT2D eigenvalue weighted by Gasteiger charge is 2.32. The lowest BCUT2D eigenvalue weighted by atomic mass is 10.3. The summed E-state index contributed by atoms with van der Waals surface area (Å²) >= 11 is 1.72. The first kappa shape index (κ1) is 11.3. The maximum atomic E-state index is 11.8. The van der Waals surface area contributed by atoms with Gasteiger partial charge in [0.05, 0.1) is 3.57 Å². The Morgan fingerprint density at radius 3 is 2.57 bits per heavy atom. The van der Waals surface area contributed by atoms with Crippen LogP contribution in [0.5, 0.6) is 5.88 Å². The number of rotatable bonds is 1. The molecule has 1 N–H and O–H groups in total. The Balaban J connectivity index is 3.11. The van der Waals surface area contributed by atoms with Crippen molar-refractivity contribution in [2.75, 3.05) is 0 Å². The van der Waals surface area contributed by atoms with Gasteiger partial charge in [-0.25, -0.2) is 0 Å². The highest BCUT2D eigenvalue weighted by Crippen LogP contribution is 2.23. The van der Waals surface area contributed by atoms with Crippen molar-refractivity contribution in [2.24, 2.45) is 0 Å². The molecule has 1 aromatic heterocycles. The van der Waals surface area contributed by atoms with Crippen LogP contribution in [0.4, 0.5) is 13.2 Å². The third-order valence-electron chi connectivity index (χ3n) is 1.36. The van der Waals surface area contributed by atoms with Crippen molar-refractivity contribution in [1.29, 1.82) is 0 Å². The SMILES string of the molecule is Cc1cc(I)c(=O)[nH]c1OC(F)(F)F. The zero-order chi connectivity index (χ0) is 10.9. The molecular weight excluding hydrogens is 314 g/mol. The quantitative estimate of drug-likeness (QED) is 0.806. The van der Waals surface area contributed by atoms with Gasteiger partial charge in [-0.05, 0) is 35.6 Å². The van der Waals surface area contributed by atoms with Crippen LogP contribution in [-0.4, -0.2) is 11.3 Å². The molecule has 0 aromatic carbocycles. The minimum Gasteiger partial charge on any atom is -0.390 e. The molecule has 1 heterocycles. The van der Waals surface area contributed by atoms with Crippen LogP contribution in [0.15, 0.2) is 10.9 Å². The average Bonchev–Trinajstić information content (AvgIpc) is 1.97. The number of hydrogen-bond donors (Lipinski definition) is 1. The Labute approximate surface area is 90.4 Å². The van der Waals surface area contributed by atoms with Crippen molar-refractivity contribution in [3.05, 3.63) is 25.6 Å². The summed E-state index contributed by atoms with van der Waals surface area (Å²) in [6.45, 7) is 1.42. The molecule has 0 aliphatic heterocycles. The van der Waals surface area contributed by atoms with E-state index < -0.39 is 17.8 Å². The summed E-state index contributed by atoms with van der Waals surface area (Å²) in [7, 11) is 0. The molecule has 0 fully saturated rings. The van der Waals surface area contributed by atoms with Gasteiger partial charge in [0.15, 0.2) is 0 Å². The van der Waals surface area contributed by atoms with Gasteiger partial charge < -0.3 is 4.74 Å². The maximum Gasteiger partial charge on any atom is 0.574 e. The Morgan fingerprint density at radius 1 is 1.50 bits per heavy atom. The van der Waals surface area contributed by atoms with Crippen LogP contribution in [0.3, 0.4) is 0 Å². The van der Waals surface area contributed by atoms with Crippen LogP contribution in [-0.2, 0) is 0 Å². The van der Waals surface area contributed by atoms with E-state index >= 15 is 0 Å².